The number of hydrogen-bond donors (Lipinski definition) is 0. The first-order chi connectivity index (χ1) is 8.81. The largest absolute Gasteiger partial charge is 0.278 e. The van der Waals surface area contributed by atoms with E-state index >= 15 is 0 Å². The lowest BCUT2D eigenvalue weighted by Crippen LogP contribution is -1.92. The first-order valence-electron chi connectivity index (χ1n) is 5.22. The van der Waals surface area contributed by atoms with Crippen molar-refractivity contribution in [2.24, 2.45) is 0 Å². The van der Waals surface area contributed by atoms with Gasteiger partial charge in [-0.3, -0.25) is 4.40 Å². The zero-order valence-corrected chi connectivity index (χ0v) is 9.96. The number of benzene rings is 1. The maximum atomic E-state index is 5.96. The molecule has 5 heteroatoms. The Hall–Kier alpha value is -2.38. The van der Waals surface area contributed by atoms with Gasteiger partial charge in [-0.25, -0.2) is 4.98 Å². The fourth-order valence-electron chi connectivity index (χ4n) is 1.78. The molecule has 4 nitrogen and oxygen atoms in total. The highest BCUT2D eigenvalue weighted by atomic mass is 35.5. The van der Waals surface area contributed by atoms with Crippen molar-refractivity contribution in [1.82, 2.24) is 19.6 Å². The Kier molecular flexibility index (Phi) is 2.47. The molecule has 18 heavy (non-hydrogen) atoms. The summed E-state index contributed by atoms with van der Waals surface area (Å²) in [5.74, 6) is 3.29. The van der Waals surface area contributed by atoms with Crippen LogP contribution in [0.4, 0.5) is 0 Å². The van der Waals surface area contributed by atoms with Gasteiger partial charge in [-0.15, -0.1) is 16.6 Å². The Balaban J connectivity index is 2.34. The van der Waals surface area contributed by atoms with E-state index < -0.39 is 0 Å². The van der Waals surface area contributed by atoms with Gasteiger partial charge in [0.15, 0.2) is 16.6 Å². The molecule has 86 valence electrons. The highest BCUT2D eigenvalue weighted by Crippen LogP contribution is 2.23. The second-order valence-corrected chi connectivity index (χ2v) is 3.98. The molecule has 0 atom stereocenters. The number of fused-ring (bicyclic) bond motifs is 1. The summed E-state index contributed by atoms with van der Waals surface area (Å²) in [6, 6.07) is 7.55. The Morgan fingerprint density at radius 1 is 1.22 bits per heavy atom. The van der Waals surface area contributed by atoms with Gasteiger partial charge in [0, 0.05) is 23.5 Å². The van der Waals surface area contributed by atoms with Crippen LogP contribution < -0.4 is 0 Å². The molecule has 0 radical (unpaired) electrons. The molecule has 2 heterocycles. The van der Waals surface area contributed by atoms with Gasteiger partial charge in [-0.2, -0.15) is 0 Å². The molecule has 0 unspecified atom stereocenters. The zero-order chi connectivity index (χ0) is 12.5. The summed E-state index contributed by atoms with van der Waals surface area (Å²) >= 11 is 5.96. The minimum atomic E-state index is 0.314. The molecular weight excluding hydrogens is 248 g/mol. The van der Waals surface area contributed by atoms with E-state index in [4.69, 9.17) is 18.0 Å². The molecule has 3 aromatic rings. The second-order valence-electron chi connectivity index (χ2n) is 3.63. The molecule has 1 aromatic carbocycles. The minimum absolute atomic E-state index is 0.314. The van der Waals surface area contributed by atoms with Crippen molar-refractivity contribution in [2.75, 3.05) is 0 Å². The number of halogens is 1. The van der Waals surface area contributed by atoms with Gasteiger partial charge in [0.25, 0.3) is 0 Å². The molecule has 0 aliphatic heterocycles. The number of terminal acetylenes is 1. The fraction of sp³-hybridized carbons (Fsp3) is 0. The van der Waals surface area contributed by atoms with Crippen molar-refractivity contribution < 1.29 is 0 Å². The van der Waals surface area contributed by atoms with Gasteiger partial charge < -0.3 is 0 Å². The topological polar surface area (TPSA) is 43.1 Å². The van der Waals surface area contributed by atoms with E-state index in [1.807, 2.05) is 24.3 Å². The highest BCUT2D eigenvalue weighted by molar-refractivity contribution is 6.32. The smallest absolute Gasteiger partial charge is 0.198 e. The van der Waals surface area contributed by atoms with E-state index in [1.54, 1.807) is 16.8 Å². The molecule has 0 bridgehead atoms. The molecule has 0 saturated heterocycles. The first-order valence-corrected chi connectivity index (χ1v) is 5.60. The fourth-order valence-corrected chi connectivity index (χ4v) is 1.97. The Morgan fingerprint density at radius 3 is 2.89 bits per heavy atom. The van der Waals surface area contributed by atoms with Crippen LogP contribution in [-0.2, 0) is 0 Å². The third-order valence-corrected chi connectivity index (χ3v) is 2.87. The Bertz CT molecular complexity index is 770. The van der Waals surface area contributed by atoms with Crippen molar-refractivity contribution in [2.45, 2.75) is 0 Å². The summed E-state index contributed by atoms with van der Waals surface area (Å²) in [6.07, 6.45) is 8.84. The van der Waals surface area contributed by atoms with Crippen LogP contribution in [0.1, 0.15) is 5.56 Å². The Morgan fingerprint density at radius 2 is 2.06 bits per heavy atom. The summed E-state index contributed by atoms with van der Waals surface area (Å²) in [5, 5.41) is 8.46. The van der Waals surface area contributed by atoms with Gasteiger partial charge in [0.1, 0.15) is 0 Å². The molecule has 0 amide bonds. The van der Waals surface area contributed by atoms with E-state index in [9.17, 15) is 0 Å². The number of nitrogens with zero attached hydrogens (tertiary/aromatic N) is 4. The lowest BCUT2D eigenvalue weighted by molar-refractivity contribution is 1.11. The molecular formula is C13H7ClN4. The van der Waals surface area contributed by atoms with Crippen molar-refractivity contribution in [1.29, 1.82) is 0 Å². The van der Waals surface area contributed by atoms with Crippen molar-refractivity contribution in [3.8, 4) is 23.7 Å². The maximum Gasteiger partial charge on any atom is 0.198 e. The summed E-state index contributed by atoms with van der Waals surface area (Å²) in [7, 11) is 0. The minimum Gasteiger partial charge on any atom is -0.278 e. The maximum absolute atomic E-state index is 5.96. The molecule has 3 rings (SSSR count). The lowest BCUT2D eigenvalue weighted by Gasteiger charge is -2.02. The van der Waals surface area contributed by atoms with E-state index in [-0.39, 0.29) is 0 Å². The quantitative estimate of drug-likeness (QED) is 0.627. The first kappa shape index (κ1) is 10.8. The van der Waals surface area contributed by atoms with Gasteiger partial charge in [0.05, 0.1) is 0 Å². The van der Waals surface area contributed by atoms with Crippen LogP contribution in [0, 0.1) is 12.3 Å². The SMILES string of the molecule is C#Cc1ccccc1-c1nnc2c(Cl)nccn12. The number of hydrogen-bond acceptors (Lipinski definition) is 3. The molecule has 0 saturated carbocycles. The normalized spacial score (nSPS) is 10.4. The van der Waals surface area contributed by atoms with Gasteiger partial charge >= 0.3 is 0 Å². The summed E-state index contributed by atoms with van der Waals surface area (Å²) in [5.41, 5.74) is 2.12. The number of rotatable bonds is 1. The highest BCUT2D eigenvalue weighted by Gasteiger charge is 2.12. The average Bonchev–Trinajstić information content (AvgIpc) is 2.84. The van der Waals surface area contributed by atoms with E-state index in [2.05, 4.69) is 21.1 Å². The predicted molar refractivity (Wildman–Crippen MR) is 69.2 cm³/mol. The second kappa shape index (κ2) is 4.13. The zero-order valence-electron chi connectivity index (χ0n) is 9.21. The van der Waals surface area contributed by atoms with Crippen LogP contribution in [0.3, 0.4) is 0 Å². The molecule has 0 fully saturated rings. The van der Waals surface area contributed by atoms with Crippen molar-refractivity contribution in [3.05, 3.63) is 47.4 Å². The summed E-state index contributed by atoms with van der Waals surface area (Å²) in [6.45, 7) is 0. The standard InChI is InChI=1S/C13H7ClN4/c1-2-9-5-3-4-6-10(9)12-16-17-13-11(14)15-7-8-18(12)13/h1,3-8H. The van der Waals surface area contributed by atoms with Crippen LogP contribution in [-0.4, -0.2) is 19.6 Å². The Labute approximate surface area is 108 Å². The van der Waals surface area contributed by atoms with Gasteiger partial charge in [0.2, 0.25) is 0 Å². The van der Waals surface area contributed by atoms with Crippen LogP contribution in [0.2, 0.25) is 5.15 Å². The molecule has 0 N–H and O–H groups in total. The molecule has 0 aliphatic rings. The van der Waals surface area contributed by atoms with Crippen LogP contribution >= 0.6 is 11.6 Å². The molecule has 0 spiro atoms. The van der Waals surface area contributed by atoms with E-state index in [1.165, 1.54) is 0 Å². The molecule has 2 aromatic heterocycles. The summed E-state index contributed by atoms with van der Waals surface area (Å²) in [4.78, 5) is 3.96. The third-order valence-electron chi connectivity index (χ3n) is 2.61. The van der Waals surface area contributed by atoms with Crippen molar-refractivity contribution >= 4 is 17.2 Å². The van der Waals surface area contributed by atoms with E-state index in [0.29, 0.717) is 16.6 Å². The molecule has 0 aliphatic carbocycles. The van der Waals surface area contributed by atoms with Crippen LogP contribution in [0.5, 0.6) is 0 Å². The monoisotopic (exact) mass is 254 g/mol. The average molecular weight is 255 g/mol. The van der Waals surface area contributed by atoms with Gasteiger partial charge in [-0.05, 0) is 12.1 Å². The lowest BCUT2D eigenvalue weighted by atomic mass is 10.1. The predicted octanol–water partition coefficient (Wildman–Crippen LogP) is 2.43. The third kappa shape index (κ3) is 1.53. The van der Waals surface area contributed by atoms with Gasteiger partial charge in [-0.1, -0.05) is 29.7 Å². The van der Waals surface area contributed by atoms with E-state index in [0.717, 1.165) is 11.1 Å². The van der Waals surface area contributed by atoms with Crippen molar-refractivity contribution in [3.63, 3.8) is 0 Å². The number of aromatic nitrogens is 4. The van der Waals surface area contributed by atoms with Crippen LogP contribution in [0.25, 0.3) is 17.0 Å². The van der Waals surface area contributed by atoms with Crippen LogP contribution in [0.15, 0.2) is 36.7 Å². The summed E-state index contributed by atoms with van der Waals surface area (Å²) < 4.78 is 1.77.